The van der Waals surface area contributed by atoms with E-state index in [9.17, 15) is 4.79 Å². The summed E-state index contributed by atoms with van der Waals surface area (Å²) in [6.45, 7) is 6.97. The minimum atomic E-state index is 0.0820. The second-order valence-corrected chi connectivity index (χ2v) is 7.75. The van der Waals surface area contributed by atoms with Gasteiger partial charge in [0.1, 0.15) is 5.75 Å². The zero-order chi connectivity index (χ0) is 16.6. The van der Waals surface area contributed by atoms with Crippen molar-refractivity contribution in [1.29, 1.82) is 0 Å². The number of nitrogens with zero attached hydrogens (tertiary/aromatic N) is 2. The molecule has 1 aromatic carbocycles. The first-order chi connectivity index (χ1) is 10.8. The van der Waals surface area contributed by atoms with E-state index < -0.39 is 0 Å². The van der Waals surface area contributed by atoms with Gasteiger partial charge in [0.05, 0.1) is 18.5 Å². The molecule has 4 heteroatoms. The fraction of sp³-hybridized carbons (Fsp3) is 0.526. The highest BCUT2D eigenvalue weighted by molar-refractivity contribution is 5.47. The van der Waals surface area contributed by atoms with Crippen LogP contribution in [0, 0.1) is 5.41 Å². The van der Waals surface area contributed by atoms with E-state index in [0.29, 0.717) is 5.92 Å². The molecule has 0 spiro atoms. The van der Waals surface area contributed by atoms with Gasteiger partial charge in [-0.15, -0.1) is 0 Å². The Morgan fingerprint density at radius 3 is 2.39 bits per heavy atom. The summed E-state index contributed by atoms with van der Waals surface area (Å²) in [6.07, 6.45) is 2.29. The lowest BCUT2D eigenvalue weighted by Gasteiger charge is -2.36. The van der Waals surface area contributed by atoms with E-state index in [1.807, 2.05) is 36.0 Å². The number of hydrogen-bond donors (Lipinski definition) is 0. The summed E-state index contributed by atoms with van der Waals surface area (Å²) < 4.78 is 9.12. The first-order valence-corrected chi connectivity index (χ1v) is 8.30. The summed E-state index contributed by atoms with van der Waals surface area (Å²) in [6, 6.07) is 7.70. The van der Waals surface area contributed by atoms with E-state index in [-0.39, 0.29) is 16.4 Å². The van der Waals surface area contributed by atoms with Crippen molar-refractivity contribution in [3.8, 4) is 11.4 Å². The van der Waals surface area contributed by atoms with E-state index in [1.165, 1.54) is 5.69 Å². The maximum Gasteiger partial charge on any atom is 0.275 e. The fourth-order valence-electron chi connectivity index (χ4n) is 5.04. The molecule has 0 unspecified atom stereocenters. The summed E-state index contributed by atoms with van der Waals surface area (Å²) in [5, 5.41) is 0. The standard InChI is InChI=1S/C19H24N2O2/c1-18(2)14-10-11-19(18,3)16-15(14)17(22)21(20(16)4)12-6-8-13(23-5)9-7-12/h6-9,14H,10-11H2,1-5H3/t14-,19+/m1/s1. The topological polar surface area (TPSA) is 36.2 Å². The Bertz CT molecular complexity index is 841. The number of rotatable bonds is 2. The molecule has 1 saturated carbocycles. The summed E-state index contributed by atoms with van der Waals surface area (Å²) in [4.78, 5) is 13.2. The van der Waals surface area contributed by atoms with Crippen molar-refractivity contribution in [2.24, 2.45) is 12.5 Å². The van der Waals surface area contributed by atoms with Crippen molar-refractivity contribution in [3.63, 3.8) is 0 Å². The molecular weight excluding hydrogens is 288 g/mol. The van der Waals surface area contributed by atoms with Gasteiger partial charge in [0.15, 0.2) is 0 Å². The minimum absolute atomic E-state index is 0.0820. The second kappa shape index (κ2) is 4.31. The maximum absolute atomic E-state index is 13.2. The Morgan fingerprint density at radius 2 is 1.83 bits per heavy atom. The first kappa shape index (κ1) is 14.6. The van der Waals surface area contributed by atoms with Crippen LogP contribution in [0.4, 0.5) is 0 Å². The van der Waals surface area contributed by atoms with Crippen LogP contribution in [-0.2, 0) is 12.5 Å². The average Bonchev–Trinajstić information content (AvgIpc) is 2.99. The summed E-state index contributed by atoms with van der Waals surface area (Å²) in [7, 11) is 3.67. The van der Waals surface area contributed by atoms with Crippen LogP contribution < -0.4 is 10.3 Å². The molecule has 0 saturated heterocycles. The van der Waals surface area contributed by atoms with Crippen LogP contribution in [0.2, 0.25) is 0 Å². The number of fused-ring (bicyclic) bond motifs is 5. The van der Waals surface area contributed by atoms with Crippen molar-refractivity contribution in [3.05, 3.63) is 45.9 Å². The number of benzene rings is 1. The van der Waals surface area contributed by atoms with Gasteiger partial charge in [0.2, 0.25) is 0 Å². The number of aromatic nitrogens is 2. The number of ether oxygens (including phenoxy) is 1. The van der Waals surface area contributed by atoms with Crippen molar-refractivity contribution in [2.75, 3.05) is 7.11 Å². The van der Waals surface area contributed by atoms with Crippen LogP contribution in [-0.4, -0.2) is 16.5 Å². The van der Waals surface area contributed by atoms with E-state index in [2.05, 4.69) is 25.5 Å². The Hall–Kier alpha value is -1.97. The van der Waals surface area contributed by atoms with E-state index in [1.54, 1.807) is 7.11 Å². The van der Waals surface area contributed by atoms with Gasteiger partial charge in [-0.05, 0) is 48.4 Å². The van der Waals surface area contributed by atoms with Gasteiger partial charge < -0.3 is 4.74 Å². The highest BCUT2D eigenvalue weighted by Gasteiger charge is 2.62. The Kier molecular flexibility index (Phi) is 2.74. The molecule has 0 amide bonds. The average molecular weight is 312 g/mol. The maximum atomic E-state index is 13.2. The van der Waals surface area contributed by atoms with Crippen LogP contribution in [0.25, 0.3) is 5.69 Å². The smallest absolute Gasteiger partial charge is 0.275 e. The summed E-state index contributed by atoms with van der Waals surface area (Å²) in [5.41, 5.74) is 3.57. The second-order valence-electron chi connectivity index (χ2n) is 7.75. The zero-order valence-corrected chi connectivity index (χ0v) is 14.5. The molecule has 2 atom stereocenters. The fourth-order valence-corrected chi connectivity index (χ4v) is 5.04. The van der Waals surface area contributed by atoms with Crippen LogP contribution in [0.5, 0.6) is 5.75 Å². The van der Waals surface area contributed by atoms with Gasteiger partial charge in [-0.2, -0.15) is 0 Å². The van der Waals surface area contributed by atoms with Crippen LogP contribution in [0.3, 0.4) is 0 Å². The monoisotopic (exact) mass is 312 g/mol. The van der Waals surface area contributed by atoms with Crippen LogP contribution in [0.15, 0.2) is 29.1 Å². The highest BCUT2D eigenvalue weighted by atomic mass is 16.5. The lowest BCUT2D eigenvalue weighted by atomic mass is 9.70. The van der Waals surface area contributed by atoms with E-state index in [0.717, 1.165) is 29.8 Å². The van der Waals surface area contributed by atoms with Gasteiger partial charge >= 0.3 is 0 Å². The Balaban J connectivity index is 1.95. The van der Waals surface area contributed by atoms with Crippen molar-refractivity contribution in [1.82, 2.24) is 9.36 Å². The third-order valence-corrected chi connectivity index (χ3v) is 6.72. The van der Waals surface area contributed by atoms with E-state index in [4.69, 9.17) is 4.74 Å². The lowest BCUT2D eigenvalue weighted by Crippen LogP contribution is -2.35. The number of hydrogen-bond acceptors (Lipinski definition) is 2. The van der Waals surface area contributed by atoms with Crippen molar-refractivity contribution < 1.29 is 4.74 Å². The largest absolute Gasteiger partial charge is 0.497 e. The Labute approximate surface area is 136 Å². The van der Waals surface area contributed by atoms with E-state index >= 15 is 0 Å². The van der Waals surface area contributed by atoms with Crippen molar-refractivity contribution in [2.45, 2.75) is 44.9 Å². The van der Waals surface area contributed by atoms with Gasteiger partial charge in [-0.25, -0.2) is 4.68 Å². The number of methoxy groups -OCH3 is 1. The molecule has 0 N–H and O–H groups in total. The third kappa shape index (κ3) is 1.54. The molecule has 2 aromatic rings. The third-order valence-electron chi connectivity index (χ3n) is 6.72. The van der Waals surface area contributed by atoms with Gasteiger partial charge in [-0.1, -0.05) is 20.8 Å². The Morgan fingerprint density at radius 1 is 1.17 bits per heavy atom. The molecule has 23 heavy (non-hydrogen) atoms. The highest BCUT2D eigenvalue weighted by Crippen LogP contribution is 2.66. The predicted octanol–water partition coefficient (Wildman–Crippen LogP) is 3.36. The molecule has 4 rings (SSSR count). The lowest BCUT2D eigenvalue weighted by molar-refractivity contribution is 0.218. The molecule has 122 valence electrons. The van der Waals surface area contributed by atoms with Crippen LogP contribution in [0.1, 0.15) is 50.8 Å². The molecular formula is C19H24N2O2. The molecule has 4 nitrogen and oxygen atoms in total. The molecule has 2 aliphatic rings. The first-order valence-electron chi connectivity index (χ1n) is 8.30. The molecule has 1 heterocycles. The van der Waals surface area contributed by atoms with Gasteiger partial charge in [0, 0.05) is 18.0 Å². The summed E-state index contributed by atoms with van der Waals surface area (Å²) in [5.74, 6) is 1.18. The summed E-state index contributed by atoms with van der Waals surface area (Å²) >= 11 is 0. The molecule has 0 aliphatic heterocycles. The molecule has 2 aliphatic carbocycles. The quantitative estimate of drug-likeness (QED) is 0.852. The molecule has 2 bridgehead atoms. The molecule has 0 radical (unpaired) electrons. The normalized spacial score (nSPS) is 27.3. The molecule has 1 aromatic heterocycles. The van der Waals surface area contributed by atoms with Gasteiger partial charge in [0.25, 0.3) is 5.56 Å². The van der Waals surface area contributed by atoms with Gasteiger partial charge in [-0.3, -0.25) is 9.48 Å². The van der Waals surface area contributed by atoms with Crippen molar-refractivity contribution >= 4 is 0 Å². The predicted molar refractivity (Wildman–Crippen MR) is 90.7 cm³/mol. The zero-order valence-electron chi connectivity index (χ0n) is 14.5. The molecule has 1 fully saturated rings. The SMILES string of the molecule is COc1ccc(-n2c(=O)c3c(n2C)[C@]2(C)CC[C@H]3C2(C)C)cc1. The van der Waals surface area contributed by atoms with Crippen LogP contribution >= 0.6 is 0 Å². The minimum Gasteiger partial charge on any atom is -0.497 e.